The molecule has 0 radical (unpaired) electrons. The zero-order valence-corrected chi connectivity index (χ0v) is 15.5. The van der Waals surface area contributed by atoms with E-state index in [4.69, 9.17) is 11.6 Å². The fourth-order valence-corrected chi connectivity index (χ4v) is 3.16. The third-order valence-corrected chi connectivity index (χ3v) is 4.74. The third kappa shape index (κ3) is 7.27. The van der Waals surface area contributed by atoms with Gasteiger partial charge >= 0.3 is 0 Å². The maximum absolute atomic E-state index is 12.7. The summed E-state index contributed by atoms with van der Waals surface area (Å²) < 4.78 is 0. The number of halogens is 1. The van der Waals surface area contributed by atoms with Crippen molar-refractivity contribution in [1.82, 2.24) is 10.2 Å². The van der Waals surface area contributed by atoms with E-state index in [1.807, 2.05) is 36.1 Å². The first kappa shape index (κ1) is 19.8. The summed E-state index contributed by atoms with van der Waals surface area (Å²) in [7, 11) is 0. The molecule has 1 atom stereocenters. The van der Waals surface area contributed by atoms with Crippen molar-refractivity contribution in [3.63, 3.8) is 0 Å². The van der Waals surface area contributed by atoms with Gasteiger partial charge in [-0.2, -0.15) is 0 Å². The number of thioether (sulfide) groups is 1. The van der Waals surface area contributed by atoms with Gasteiger partial charge in [-0.25, -0.2) is 0 Å². The molecule has 0 aliphatic heterocycles. The quantitative estimate of drug-likeness (QED) is 0.688. The number of benzene rings is 1. The van der Waals surface area contributed by atoms with Crippen molar-refractivity contribution in [2.45, 2.75) is 44.6 Å². The zero-order valence-electron chi connectivity index (χ0n) is 14.0. The average Bonchev–Trinajstić information content (AvgIpc) is 2.53. The van der Waals surface area contributed by atoms with Crippen molar-refractivity contribution >= 4 is 35.2 Å². The van der Waals surface area contributed by atoms with Gasteiger partial charge in [0.25, 0.3) is 0 Å². The van der Waals surface area contributed by atoms with Crippen molar-refractivity contribution in [3.05, 3.63) is 29.3 Å². The molecule has 1 unspecified atom stereocenters. The SMILES string of the molecule is CCCCN(CC)C(=O)C(CSc1ccc(Cl)cc1)NC(C)=O. The van der Waals surface area contributed by atoms with Crippen molar-refractivity contribution in [1.29, 1.82) is 0 Å². The van der Waals surface area contributed by atoms with E-state index in [9.17, 15) is 9.59 Å². The summed E-state index contributed by atoms with van der Waals surface area (Å²) in [4.78, 5) is 26.9. The first-order valence-corrected chi connectivity index (χ1v) is 9.28. The van der Waals surface area contributed by atoms with Gasteiger partial charge in [0.15, 0.2) is 0 Å². The van der Waals surface area contributed by atoms with Crippen LogP contribution in [0.5, 0.6) is 0 Å². The topological polar surface area (TPSA) is 49.4 Å². The van der Waals surface area contributed by atoms with Crippen LogP contribution in [0.3, 0.4) is 0 Å². The molecule has 0 fully saturated rings. The lowest BCUT2D eigenvalue weighted by molar-refractivity contribution is -0.135. The van der Waals surface area contributed by atoms with E-state index in [1.165, 1.54) is 18.7 Å². The number of carbonyl (C=O) groups is 2. The molecule has 1 N–H and O–H groups in total. The highest BCUT2D eigenvalue weighted by Gasteiger charge is 2.24. The molecule has 6 heteroatoms. The van der Waals surface area contributed by atoms with E-state index in [-0.39, 0.29) is 11.8 Å². The first-order valence-electron chi connectivity index (χ1n) is 7.92. The van der Waals surface area contributed by atoms with Crippen LogP contribution in [-0.4, -0.2) is 41.6 Å². The Morgan fingerprint density at radius 3 is 2.43 bits per heavy atom. The van der Waals surface area contributed by atoms with Crippen LogP contribution in [0.15, 0.2) is 29.2 Å². The van der Waals surface area contributed by atoms with Gasteiger partial charge in [-0.3, -0.25) is 9.59 Å². The predicted molar refractivity (Wildman–Crippen MR) is 96.9 cm³/mol. The molecular formula is C17H25ClN2O2S. The van der Waals surface area contributed by atoms with Gasteiger partial charge in [0.1, 0.15) is 6.04 Å². The molecule has 1 rings (SSSR count). The summed E-state index contributed by atoms with van der Waals surface area (Å²) >= 11 is 7.41. The maximum atomic E-state index is 12.7. The van der Waals surface area contributed by atoms with Crippen LogP contribution in [0, 0.1) is 0 Å². The minimum absolute atomic E-state index is 0.0161. The van der Waals surface area contributed by atoms with Gasteiger partial charge in [0.05, 0.1) is 0 Å². The van der Waals surface area contributed by atoms with Gasteiger partial charge < -0.3 is 10.2 Å². The summed E-state index contributed by atoms with van der Waals surface area (Å²) in [5, 5.41) is 3.46. The Hall–Kier alpha value is -1.20. The molecule has 0 saturated heterocycles. The maximum Gasteiger partial charge on any atom is 0.246 e. The Labute approximate surface area is 148 Å². The number of nitrogens with zero attached hydrogens (tertiary/aromatic N) is 1. The summed E-state index contributed by atoms with van der Waals surface area (Å²) in [5.74, 6) is 0.298. The second-order valence-corrected chi connectivity index (χ2v) is 6.82. The minimum Gasteiger partial charge on any atom is -0.344 e. The molecular weight excluding hydrogens is 332 g/mol. The van der Waals surface area contributed by atoms with Crippen molar-refractivity contribution in [2.75, 3.05) is 18.8 Å². The average molecular weight is 357 g/mol. The van der Waals surface area contributed by atoms with Crippen molar-refractivity contribution in [2.24, 2.45) is 0 Å². The molecule has 1 aromatic carbocycles. The number of hydrogen-bond acceptors (Lipinski definition) is 3. The van der Waals surface area contributed by atoms with Crippen LogP contribution in [0.1, 0.15) is 33.6 Å². The minimum atomic E-state index is -0.509. The standard InChI is InChI=1S/C17H25ClN2O2S/c1-4-6-11-20(5-2)17(22)16(19-13(3)21)12-23-15-9-7-14(18)8-10-15/h7-10,16H,4-6,11-12H2,1-3H3,(H,19,21). The number of hydrogen-bond donors (Lipinski definition) is 1. The fraction of sp³-hybridized carbons (Fsp3) is 0.529. The van der Waals surface area contributed by atoms with Crippen LogP contribution >= 0.6 is 23.4 Å². The molecule has 0 heterocycles. The normalized spacial score (nSPS) is 11.8. The lowest BCUT2D eigenvalue weighted by Crippen LogP contribution is -2.49. The molecule has 1 aromatic rings. The van der Waals surface area contributed by atoms with E-state index in [0.29, 0.717) is 17.3 Å². The molecule has 0 spiro atoms. The van der Waals surface area contributed by atoms with E-state index in [1.54, 1.807) is 0 Å². The number of amides is 2. The summed E-state index contributed by atoms with van der Waals surface area (Å²) in [6, 6.07) is 6.95. The predicted octanol–water partition coefficient (Wildman–Crippen LogP) is 3.59. The van der Waals surface area contributed by atoms with Gasteiger partial charge in [0, 0.05) is 35.7 Å². The van der Waals surface area contributed by atoms with Crippen LogP contribution in [0.25, 0.3) is 0 Å². The summed E-state index contributed by atoms with van der Waals surface area (Å²) in [6.45, 7) is 6.88. The smallest absolute Gasteiger partial charge is 0.246 e. The lowest BCUT2D eigenvalue weighted by Gasteiger charge is -2.26. The van der Waals surface area contributed by atoms with Gasteiger partial charge in [-0.1, -0.05) is 24.9 Å². The Morgan fingerprint density at radius 1 is 1.26 bits per heavy atom. The molecule has 0 bridgehead atoms. The molecule has 0 aromatic heterocycles. The second kappa shape index (κ2) is 10.6. The van der Waals surface area contributed by atoms with E-state index >= 15 is 0 Å². The Balaban J connectivity index is 2.71. The Bertz CT molecular complexity index is 508. The van der Waals surface area contributed by atoms with E-state index in [2.05, 4.69) is 12.2 Å². The third-order valence-electron chi connectivity index (χ3n) is 3.38. The van der Waals surface area contributed by atoms with Gasteiger partial charge in [-0.05, 0) is 37.6 Å². The molecule has 2 amide bonds. The van der Waals surface area contributed by atoms with Crippen LogP contribution < -0.4 is 5.32 Å². The van der Waals surface area contributed by atoms with Gasteiger partial charge in [0.2, 0.25) is 11.8 Å². The molecule has 4 nitrogen and oxygen atoms in total. The zero-order chi connectivity index (χ0) is 17.2. The first-order chi connectivity index (χ1) is 11.0. The van der Waals surface area contributed by atoms with Crippen molar-refractivity contribution in [3.8, 4) is 0 Å². The Morgan fingerprint density at radius 2 is 1.91 bits per heavy atom. The lowest BCUT2D eigenvalue weighted by atomic mass is 10.2. The van der Waals surface area contributed by atoms with Crippen LogP contribution in [-0.2, 0) is 9.59 Å². The molecule has 0 aliphatic carbocycles. The van der Waals surface area contributed by atoms with Crippen LogP contribution in [0.4, 0.5) is 0 Å². The van der Waals surface area contributed by atoms with Crippen molar-refractivity contribution < 1.29 is 9.59 Å². The fourth-order valence-electron chi connectivity index (χ4n) is 2.12. The molecule has 128 valence electrons. The molecule has 23 heavy (non-hydrogen) atoms. The summed E-state index contributed by atoms with van der Waals surface area (Å²) in [6.07, 6.45) is 2.00. The number of unbranched alkanes of at least 4 members (excludes halogenated alkanes) is 1. The Kier molecular flexibility index (Phi) is 9.10. The second-order valence-electron chi connectivity index (χ2n) is 5.29. The van der Waals surface area contributed by atoms with Crippen LogP contribution in [0.2, 0.25) is 5.02 Å². The molecule has 0 aliphatic rings. The highest BCUT2D eigenvalue weighted by molar-refractivity contribution is 7.99. The largest absolute Gasteiger partial charge is 0.344 e. The summed E-state index contributed by atoms with van der Waals surface area (Å²) in [5.41, 5.74) is 0. The van der Waals surface area contributed by atoms with Gasteiger partial charge in [-0.15, -0.1) is 11.8 Å². The number of carbonyl (C=O) groups excluding carboxylic acids is 2. The number of rotatable bonds is 9. The molecule has 0 saturated carbocycles. The number of nitrogens with one attached hydrogen (secondary N) is 1. The van der Waals surface area contributed by atoms with E-state index < -0.39 is 6.04 Å². The monoisotopic (exact) mass is 356 g/mol. The highest BCUT2D eigenvalue weighted by atomic mass is 35.5. The highest BCUT2D eigenvalue weighted by Crippen LogP contribution is 2.21. The number of likely N-dealkylation sites (N-methyl/N-ethyl adjacent to an activating group) is 1. The van der Waals surface area contributed by atoms with E-state index in [0.717, 1.165) is 24.3 Å².